The molecule has 1 aromatic rings. The number of hydrogen-bond donors (Lipinski definition) is 1. The summed E-state index contributed by atoms with van der Waals surface area (Å²) in [5.74, 6) is 0.296. The Balaban J connectivity index is 2.23. The van der Waals surface area contributed by atoms with Gasteiger partial charge in [0.25, 0.3) is 5.91 Å². The van der Waals surface area contributed by atoms with Crippen LogP contribution in [0.5, 0.6) is 11.6 Å². The first-order chi connectivity index (χ1) is 8.06. The highest BCUT2D eigenvalue weighted by Gasteiger charge is 2.26. The van der Waals surface area contributed by atoms with Crippen LogP contribution >= 0.6 is 0 Å². The van der Waals surface area contributed by atoms with Crippen LogP contribution in [0.1, 0.15) is 37.0 Å². The maximum atomic E-state index is 11.3. The molecule has 0 saturated heterocycles. The molecule has 1 aliphatic carbocycles. The lowest BCUT2D eigenvalue weighted by Gasteiger charge is -2.12. The zero-order valence-electron chi connectivity index (χ0n) is 9.97. The minimum atomic E-state index is -0.531. The molecule has 1 aromatic heterocycles. The van der Waals surface area contributed by atoms with Crippen LogP contribution in [0.25, 0.3) is 0 Å². The molecule has 0 aliphatic heterocycles. The van der Waals surface area contributed by atoms with Gasteiger partial charge in [0.05, 0.1) is 24.0 Å². The summed E-state index contributed by atoms with van der Waals surface area (Å²) in [5.41, 5.74) is 5.63. The van der Waals surface area contributed by atoms with Crippen molar-refractivity contribution in [3.05, 3.63) is 17.8 Å². The van der Waals surface area contributed by atoms with Gasteiger partial charge in [-0.2, -0.15) is 0 Å². The minimum Gasteiger partial charge on any atom is -0.488 e. The highest BCUT2D eigenvalue weighted by molar-refractivity contribution is 5.95. The molecule has 17 heavy (non-hydrogen) atoms. The Labute approximate surface area is 99.9 Å². The molecule has 0 unspecified atom stereocenters. The van der Waals surface area contributed by atoms with E-state index in [9.17, 15) is 4.79 Å². The molecule has 1 heterocycles. The molecule has 0 radical (unpaired) electrons. The lowest BCUT2D eigenvalue weighted by Crippen LogP contribution is -2.15. The molecule has 5 nitrogen and oxygen atoms in total. The van der Waals surface area contributed by atoms with Crippen LogP contribution in [-0.4, -0.2) is 23.1 Å². The van der Waals surface area contributed by atoms with Crippen LogP contribution in [0.2, 0.25) is 0 Å². The van der Waals surface area contributed by atoms with Crippen molar-refractivity contribution in [2.75, 3.05) is 0 Å². The van der Waals surface area contributed by atoms with Crippen molar-refractivity contribution < 1.29 is 14.3 Å². The van der Waals surface area contributed by atoms with E-state index in [1.165, 1.54) is 12.3 Å². The number of aromatic nitrogens is 1. The molecular weight excluding hydrogens is 220 g/mol. The van der Waals surface area contributed by atoms with E-state index >= 15 is 0 Å². The maximum Gasteiger partial charge on any atom is 0.252 e. The number of nitrogens with two attached hydrogens (primary N) is 1. The molecule has 0 bridgehead atoms. The zero-order chi connectivity index (χ0) is 12.4. The van der Waals surface area contributed by atoms with Gasteiger partial charge in [0.1, 0.15) is 0 Å². The van der Waals surface area contributed by atoms with E-state index in [0.717, 1.165) is 12.8 Å². The number of carbonyl (C=O) groups is 1. The smallest absolute Gasteiger partial charge is 0.252 e. The van der Waals surface area contributed by atoms with Gasteiger partial charge in [-0.3, -0.25) is 4.79 Å². The van der Waals surface area contributed by atoms with Crippen molar-refractivity contribution in [1.29, 1.82) is 0 Å². The number of rotatable bonds is 5. The Kier molecular flexibility index (Phi) is 3.17. The lowest BCUT2D eigenvalue weighted by atomic mass is 10.2. The van der Waals surface area contributed by atoms with Gasteiger partial charge in [0.2, 0.25) is 5.88 Å². The fourth-order valence-electron chi connectivity index (χ4n) is 1.38. The van der Waals surface area contributed by atoms with E-state index in [2.05, 4.69) is 4.98 Å². The maximum absolute atomic E-state index is 11.3. The van der Waals surface area contributed by atoms with E-state index in [1.54, 1.807) is 0 Å². The number of amides is 1. The summed E-state index contributed by atoms with van der Waals surface area (Å²) in [6.45, 7) is 3.78. The summed E-state index contributed by atoms with van der Waals surface area (Å²) in [7, 11) is 0. The van der Waals surface area contributed by atoms with Gasteiger partial charge >= 0.3 is 0 Å². The lowest BCUT2D eigenvalue weighted by molar-refractivity contribution is 0.0994. The quantitative estimate of drug-likeness (QED) is 0.840. The number of pyridine rings is 1. The Morgan fingerprint density at radius 1 is 1.53 bits per heavy atom. The first kappa shape index (κ1) is 11.7. The number of ether oxygens (including phenoxy) is 2. The van der Waals surface area contributed by atoms with E-state index in [-0.39, 0.29) is 12.2 Å². The number of carbonyl (C=O) groups excluding carboxylic acids is 1. The van der Waals surface area contributed by atoms with Gasteiger partial charge in [-0.1, -0.05) is 0 Å². The van der Waals surface area contributed by atoms with Gasteiger partial charge < -0.3 is 15.2 Å². The van der Waals surface area contributed by atoms with Crippen molar-refractivity contribution >= 4 is 5.91 Å². The molecule has 2 N–H and O–H groups in total. The minimum absolute atomic E-state index is 0.00146. The van der Waals surface area contributed by atoms with Gasteiger partial charge in [-0.05, 0) is 26.7 Å². The van der Waals surface area contributed by atoms with Crippen LogP contribution in [0.3, 0.4) is 0 Å². The Morgan fingerprint density at radius 3 is 2.76 bits per heavy atom. The van der Waals surface area contributed by atoms with Crippen molar-refractivity contribution in [3.63, 3.8) is 0 Å². The second-order valence-corrected chi connectivity index (χ2v) is 4.37. The van der Waals surface area contributed by atoms with Gasteiger partial charge in [0.15, 0.2) is 5.75 Å². The molecule has 0 aromatic carbocycles. The zero-order valence-corrected chi connectivity index (χ0v) is 9.97. The summed E-state index contributed by atoms with van der Waals surface area (Å²) in [5, 5.41) is 0. The van der Waals surface area contributed by atoms with Gasteiger partial charge in [-0.15, -0.1) is 0 Å². The van der Waals surface area contributed by atoms with Gasteiger partial charge in [-0.25, -0.2) is 4.98 Å². The van der Waals surface area contributed by atoms with E-state index in [1.807, 2.05) is 13.8 Å². The standard InChI is InChI=1S/C12H16N2O3/c1-7(2)16-11-5-9(12(13)15)10(6-14-11)17-8-3-4-8/h5-8H,3-4H2,1-2H3,(H2,13,15). The second kappa shape index (κ2) is 4.61. The van der Waals surface area contributed by atoms with Crippen molar-refractivity contribution in [3.8, 4) is 11.6 Å². The highest BCUT2D eigenvalue weighted by Crippen LogP contribution is 2.30. The van der Waals surface area contributed by atoms with Crippen LogP contribution in [0, 0.1) is 0 Å². The fraction of sp³-hybridized carbons (Fsp3) is 0.500. The van der Waals surface area contributed by atoms with Gasteiger partial charge in [0, 0.05) is 6.07 Å². The molecule has 0 spiro atoms. The predicted molar refractivity (Wildman–Crippen MR) is 62.2 cm³/mol. The molecule has 92 valence electrons. The Hall–Kier alpha value is -1.78. The third-order valence-corrected chi connectivity index (χ3v) is 2.28. The molecule has 1 fully saturated rings. The van der Waals surface area contributed by atoms with Crippen molar-refractivity contribution in [1.82, 2.24) is 4.98 Å². The average molecular weight is 236 g/mol. The summed E-state index contributed by atoms with van der Waals surface area (Å²) in [6, 6.07) is 1.53. The second-order valence-electron chi connectivity index (χ2n) is 4.37. The number of primary amides is 1. The Morgan fingerprint density at radius 2 is 2.24 bits per heavy atom. The van der Waals surface area contributed by atoms with Crippen LogP contribution in [0.15, 0.2) is 12.3 Å². The molecule has 1 amide bonds. The van der Waals surface area contributed by atoms with E-state index < -0.39 is 5.91 Å². The van der Waals surface area contributed by atoms with Crippen LogP contribution in [-0.2, 0) is 0 Å². The van der Waals surface area contributed by atoms with E-state index in [4.69, 9.17) is 15.2 Å². The van der Waals surface area contributed by atoms with E-state index in [0.29, 0.717) is 17.2 Å². The summed E-state index contributed by atoms with van der Waals surface area (Å²) in [4.78, 5) is 15.4. The first-order valence-electron chi connectivity index (χ1n) is 5.69. The molecule has 5 heteroatoms. The predicted octanol–water partition coefficient (Wildman–Crippen LogP) is 1.51. The highest BCUT2D eigenvalue weighted by atomic mass is 16.5. The summed E-state index contributed by atoms with van der Waals surface area (Å²) < 4.78 is 11.0. The topological polar surface area (TPSA) is 74.4 Å². The average Bonchev–Trinajstić information content (AvgIpc) is 3.03. The summed E-state index contributed by atoms with van der Waals surface area (Å²) >= 11 is 0. The molecule has 1 aliphatic rings. The monoisotopic (exact) mass is 236 g/mol. The van der Waals surface area contributed by atoms with Crippen LogP contribution < -0.4 is 15.2 Å². The van der Waals surface area contributed by atoms with Crippen LogP contribution in [0.4, 0.5) is 0 Å². The summed E-state index contributed by atoms with van der Waals surface area (Å²) in [6.07, 6.45) is 3.73. The fourth-order valence-corrected chi connectivity index (χ4v) is 1.38. The largest absolute Gasteiger partial charge is 0.488 e. The molecular formula is C12H16N2O3. The van der Waals surface area contributed by atoms with Crippen molar-refractivity contribution in [2.45, 2.75) is 38.9 Å². The molecule has 1 saturated carbocycles. The third-order valence-electron chi connectivity index (χ3n) is 2.28. The number of nitrogens with zero attached hydrogens (tertiary/aromatic N) is 1. The number of hydrogen-bond acceptors (Lipinski definition) is 4. The normalized spacial score (nSPS) is 14.8. The Bertz CT molecular complexity index is 428. The first-order valence-corrected chi connectivity index (χ1v) is 5.69. The van der Waals surface area contributed by atoms with Crippen molar-refractivity contribution in [2.24, 2.45) is 5.73 Å². The SMILES string of the molecule is CC(C)Oc1cc(C(N)=O)c(OC2CC2)cn1. The molecule has 0 atom stereocenters. The molecule has 2 rings (SSSR count). The third kappa shape index (κ3) is 3.09.